The molecule has 6 heteroatoms. The van der Waals surface area contributed by atoms with Crippen molar-refractivity contribution in [2.24, 2.45) is 11.8 Å². The number of hydrogen-bond acceptors (Lipinski definition) is 5. The molecular weight excluding hydrogens is 450 g/mol. The minimum absolute atomic E-state index is 0.141. The van der Waals surface area contributed by atoms with Crippen LogP contribution in [0.4, 0.5) is 0 Å². The first-order chi connectivity index (χ1) is 17.5. The highest BCUT2D eigenvalue weighted by Gasteiger charge is 2.33. The number of benzene rings is 2. The van der Waals surface area contributed by atoms with Crippen molar-refractivity contribution in [3.05, 3.63) is 71.6 Å². The van der Waals surface area contributed by atoms with E-state index in [0.717, 1.165) is 81.2 Å². The lowest BCUT2D eigenvalue weighted by molar-refractivity contribution is -0.136. The van der Waals surface area contributed by atoms with Crippen molar-refractivity contribution in [3.8, 4) is 17.2 Å². The summed E-state index contributed by atoms with van der Waals surface area (Å²) < 4.78 is 11.8. The summed E-state index contributed by atoms with van der Waals surface area (Å²) in [6, 6.07) is 18.2. The molecule has 0 spiro atoms. The van der Waals surface area contributed by atoms with Gasteiger partial charge in [0.25, 0.3) is 0 Å². The van der Waals surface area contributed by atoms with Crippen LogP contribution in [0.15, 0.2) is 59.0 Å². The Kier molecular flexibility index (Phi) is 7.71. The van der Waals surface area contributed by atoms with Gasteiger partial charge in [-0.05, 0) is 82.8 Å². The molecule has 2 aliphatic rings. The molecule has 2 aliphatic heterocycles. The number of nitrogens with zero attached hydrogens (tertiary/aromatic N) is 3. The fourth-order valence-corrected chi connectivity index (χ4v) is 5.33. The molecule has 0 bridgehead atoms. The quantitative estimate of drug-likeness (QED) is 0.421. The van der Waals surface area contributed by atoms with Gasteiger partial charge in [-0.2, -0.15) is 0 Å². The highest BCUT2D eigenvalue weighted by Crippen LogP contribution is 2.28. The fourth-order valence-electron chi connectivity index (χ4n) is 5.33. The lowest BCUT2D eigenvalue weighted by Gasteiger charge is -2.32. The molecule has 0 radical (unpaired) electrons. The van der Waals surface area contributed by atoms with Crippen molar-refractivity contribution in [3.63, 3.8) is 0 Å². The van der Waals surface area contributed by atoms with Crippen molar-refractivity contribution in [2.75, 3.05) is 32.8 Å². The predicted octanol–water partition coefficient (Wildman–Crippen LogP) is 5.49. The summed E-state index contributed by atoms with van der Waals surface area (Å²) in [5, 5.41) is 0. The zero-order valence-electron chi connectivity index (χ0n) is 21.5. The summed E-state index contributed by atoms with van der Waals surface area (Å²) in [6.45, 7) is 9.15. The van der Waals surface area contributed by atoms with Crippen LogP contribution >= 0.6 is 0 Å². The molecule has 0 N–H and O–H groups in total. The van der Waals surface area contributed by atoms with Crippen molar-refractivity contribution in [1.82, 2.24) is 14.8 Å². The van der Waals surface area contributed by atoms with E-state index in [9.17, 15) is 4.79 Å². The van der Waals surface area contributed by atoms with Gasteiger partial charge in [-0.1, -0.05) is 35.9 Å². The number of hydrogen-bond donors (Lipinski definition) is 0. The average molecular weight is 488 g/mol. The Hall–Kier alpha value is -3.12. The molecule has 0 saturated carbocycles. The van der Waals surface area contributed by atoms with Gasteiger partial charge in [0.15, 0.2) is 0 Å². The van der Waals surface area contributed by atoms with Crippen molar-refractivity contribution in [2.45, 2.75) is 46.1 Å². The molecule has 36 heavy (non-hydrogen) atoms. The SMILES string of the molecule is Cc1ccc(-c2nc(CN3CCC(C(=O)N4CCC(CCOc5ccccc5)C4)CC3)c(C)o2)cc1. The Morgan fingerprint density at radius 3 is 2.50 bits per heavy atom. The molecule has 5 rings (SSSR count). The molecule has 3 aromatic rings. The molecule has 6 nitrogen and oxygen atoms in total. The van der Waals surface area contributed by atoms with E-state index in [0.29, 0.717) is 24.3 Å². The van der Waals surface area contributed by atoms with Crippen molar-refractivity contribution in [1.29, 1.82) is 0 Å². The number of amides is 1. The minimum Gasteiger partial charge on any atom is -0.494 e. The summed E-state index contributed by atoms with van der Waals surface area (Å²) in [4.78, 5) is 22.5. The first-order valence-corrected chi connectivity index (χ1v) is 13.3. The number of piperidine rings is 1. The zero-order chi connectivity index (χ0) is 24.9. The largest absolute Gasteiger partial charge is 0.494 e. The van der Waals surface area contributed by atoms with E-state index in [-0.39, 0.29) is 5.92 Å². The Labute approximate surface area is 214 Å². The molecule has 1 unspecified atom stereocenters. The maximum Gasteiger partial charge on any atom is 0.226 e. The van der Waals surface area contributed by atoms with Gasteiger partial charge >= 0.3 is 0 Å². The molecule has 2 fully saturated rings. The number of para-hydroxylation sites is 1. The Morgan fingerprint density at radius 2 is 1.75 bits per heavy atom. The lowest BCUT2D eigenvalue weighted by atomic mass is 9.95. The predicted molar refractivity (Wildman–Crippen MR) is 141 cm³/mol. The molecule has 3 heterocycles. The molecular formula is C30H37N3O3. The van der Waals surface area contributed by atoms with Crippen LogP contribution in [0, 0.1) is 25.7 Å². The third-order valence-corrected chi connectivity index (χ3v) is 7.64. The lowest BCUT2D eigenvalue weighted by Crippen LogP contribution is -2.41. The van der Waals surface area contributed by atoms with Gasteiger partial charge in [0.05, 0.1) is 12.3 Å². The van der Waals surface area contributed by atoms with Gasteiger partial charge in [0.2, 0.25) is 11.8 Å². The number of carbonyl (C=O) groups is 1. The Morgan fingerprint density at radius 1 is 1.00 bits per heavy atom. The van der Waals surface area contributed by atoms with E-state index >= 15 is 0 Å². The number of carbonyl (C=O) groups excluding carboxylic acids is 1. The second-order valence-corrected chi connectivity index (χ2v) is 10.3. The second-order valence-electron chi connectivity index (χ2n) is 10.3. The van der Waals surface area contributed by atoms with Gasteiger partial charge in [-0.25, -0.2) is 4.98 Å². The molecule has 1 aromatic heterocycles. The number of likely N-dealkylation sites (tertiary alicyclic amines) is 2. The number of ether oxygens (including phenoxy) is 1. The Bertz CT molecular complexity index is 1130. The number of oxazole rings is 1. The van der Waals surface area contributed by atoms with Crippen LogP contribution in [-0.4, -0.2) is 53.5 Å². The monoisotopic (exact) mass is 487 g/mol. The first-order valence-electron chi connectivity index (χ1n) is 13.3. The van der Waals surface area contributed by atoms with Crippen LogP contribution in [0.25, 0.3) is 11.5 Å². The highest BCUT2D eigenvalue weighted by molar-refractivity contribution is 5.79. The minimum atomic E-state index is 0.141. The maximum absolute atomic E-state index is 13.2. The van der Waals surface area contributed by atoms with Crippen LogP contribution in [0.2, 0.25) is 0 Å². The molecule has 1 amide bonds. The van der Waals surface area contributed by atoms with Gasteiger partial charge in [0.1, 0.15) is 11.5 Å². The zero-order valence-corrected chi connectivity index (χ0v) is 21.5. The standard InChI is InChI=1S/C30H37N3O3/c1-22-8-10-25(11-9-22)29-31-28(23(2)36-29)21-32-16-13-26(14-17-32)30(34)33-18-12-24(20-33)15-19-35-27-6-4-3-5-7-27/h3-11,24,26H,12-21H2,1-2H3. The van der Waals surface area contributed by atoms with Crippen molar-refractivity contribution >= 4 is 5.91 Å². The van der Waals surface area contributed by atoms with Gasteiger partial charge in [-0.15, -0.1) is 0 Å². The third kappa shape index (κ3) is 5.98. The van der Waals surface area contributed by atoms with E-state index in [1.165, 1.54) is 5.56 Å². The van der Waals surface area contributed by atoms with Gasteiger partial charge in [-0.3, -0.25) is 9.69 Å². The van der Waals surface area contributed by atoms with E-state index in [1.807, 2.05) is 37.3 Å². The average Bonchev–Trinajstić information content (AvgIpc) is 3.52. The van der Waals surface area contributed by atoms with E-state index in [2.05, 4.69) is 41.0 Å². The van der Waals surface area contributed by atoms with E-state index in [4.69, 9.17) is 14.1 Å². The number of aryl methyl sites for hydroxylation is 2. The van der Waals surface area contributed by atoms with Gasteiger partial charge < -0.3 is 14.1 Å². The van der Waals surface area contributed by atoms with Crippen molar-refractivity contribution < 1.29 is 13.9 Å². The van der Waals surface area contributed by atoms with Crippen LogP contribution in [0.1, 0.15) is 42.7 Å². The molecule has 190 valence electrons. The third-order valence-electron chi connectivity index (χ3n) is 7.64. The van der Waals surface area contributed by atoms with Crippen LogP contribution in [0.5, 0.6) is 5.75 Å². The summed E-state index contributed by atoms with van der Waals surface area (Å²) in [7, 11) is 0. The fraction of sp³-hybridized carbons (Fsp3) is 0.467. The van der Waals surface area contributed by atoms with E-state index in [1.54, 1.807) is 0 Å². The normalized spacial score (nSPS) is 19.1. The number of rotatable bonds is 8. The van der Waals surface area contributed by atoms with Crippen LogP contribution in [-0.2, 0) is 11.3 Å². The molecule has 2 saturated heterocycles. The maximum atomic E-state index is 13.2. The molecule has 2 aromatic carbocycles. The second kappa shape index (κ2) is 11.3. The summed E-state index contributed by atoms with van der Waals surface area (Å²) >= 11 is 0. The summed E-state index contributed by atoms with van der Waals surface area (Å²) in [5.41, 5.74) is 3.23. The van der Waals surface area contributed by atoms with Crippen LogP contribution in [0.3, 0.4) is 0 Å². The molecule has 0 aliphatic carbocycles. The summed E-state index contributed by atoms with van der Waals surface area (Å²) in [6.07, 6.45) is 3.91. The van der Waals surface area contributed by atoms with Crippen LogP contribution < -0.4 is 4.74 Å². The van der Waals surface area contributed by atoms with E-state index < -0.39 is 0 Å². The smallest absolute Gasteiger partial charge is 0.226 e. The van der Waals surface area contributed by atoms with Gasteiger partial charge in [0, 0.05) is 31.1 Å². The molecule has 1 atom stereocenters. The highest BCUT2D eigenvalue weighted by atomic mass is 16.5. The Balaban J connectivity index is 1.06. The summed E-state index contributed by atoms with van der Waals surface area (Å²) in [5.74, 6) is 3.51. The number of aromatic nitrogens is 1. The first kappa shape index (κ1) is 24.6. The topological polar surface area (TPSA) is 58.8 Å².